The predicted octanol–water partition coefficient (Wildman–Crippen LogP) is 3.80. The van der Waals surface area contributed by atoms with Crippen LogP contribution < -0.4 is 5.32 Å². The van der Waals surface area contributed by atoms with Gasteiger partial charge in [-0.1, -0.05) is 35.9 Å². The van der Waals surface area contributed by atoms with Crippen LogP contribution in [0.5, 0.6) is 0 Å². The van der Waals surface area contributed by atoms with Crippen LogP contribution in [0, 0.1) is 6.92 Å². The van der Waals surface area contributed by atoms with Crippen molar-refractivity contribution in [3.05, 3.63) is 63.3 Å². The number of amides is 1. The van der Waals surface area contributed by atoms with Crippen molar-refractivity contribution >= 4 is 33.5 Å². The Morgan fingerprint density at radius 1 is 1.20 bits per heavy atom. The van der Waals surface area contributed by atoms with Crippen LogP contribution in [0.4, 0.5) is 0 Å². The van der Waals surface area contributed by atoms with Crippen LogP contribution >= 0.6 is 22.7 Å². The number of aryl methyl sites for hydroxylation is 1. The summed E-state index contributed by atoms with van der Waals surface area (Å²) in [6.07, 6.45) is 0.716. The summed E-state index contributed by atoms with van der Waals surface area (Å²) in [5, 5.41) is 11.5. The molecule has 0 radical (unpaired) electrons. The number of benzene rings is 1. The second-order valence-corrected chi connectivity index (χ2v) is 7.49. The van der Waals surface area contributed by atoms with Gasteiger partial charge in [0.1, 0.15) is 0 Å². The Balaban J connectivity index is 1.47. The summed E-state index contributed by atoms with van der Waals surface area (Å²) in [5.74, 6) is 0.705. The van der Waals surface area contributed by atoms with Crippen molar-refractivity contribution < 1.29 is 4.79 Å². The number of hydrogen-bond acceptors (Lipinski definition) is 5. The van der Waals surface area contributed by atoms with Gasteiger partial charge in [0.2, 0.25) is 4.96 Å². The molecule has 0 aliphatic rings. The third-order valence-corrected chi connectivity index (χ3v) is 5.60. The summed E-state index contributed by atoms with van der Waals surface area (Å²) < 4.78 is 1.87. The fraction of sp³-hybridized carbons (Fsp3) is 0.167. The predicted molar refractivity (Wildman–Crippen MR) is 101 cm³/mol. The van der Waals surface area contributed by atoms with Gasteiger partial charge in [-0.05, 0) is 18.4 Å². The van der Waals surface area contributed by atoms with Gasteiger partial charge in [-0.2, -0.15) is 4.98 Å². The van der Waals surface area contributed by atoms with Crippen molar-refractivity contribution in [1.29, 1.82) is 0 Å². The molecule has 1 N–H and O–H groups in total. The molecule has 1 aromatic carbocycles. The Hall–Kier alpha value is -2.51. The van der Waals surface area contributed by atoms with E-state index in [0.717, 1.165) is 26.9 Å². The summed E-state index contributed by atoms with van der Waals surface area (Å²) in [6, 6.07) is 11.9. The molecule has 7 heteroatoms. The summed E-state index contributed by atoms with van der Waals surface area (Å²) in [6.45, 7) is 2.63. The van der Waals surface area contributed by atoms with E-state index in [0.29, 0.717) is 13.0 Å². The molecule has 0 aliphatic carbocycles. The highest BCUT2D eigenvalue weighted by Gasteiger charge is 2.12. The van der Waals surface area contributed by atoms with E-state index >= 15 is 0 Å². The lowest BCUT2D eigenvalue weighted by Crippen LogP contribution is -2.25. The maximum absolute atomic E-state index is 12.0. The van der Waals surface area contributed by atoms with Crippen LogP contribution in [0.25, 0.3) is 16.3 Å². The molecule has 0 saturated carbocycles. The highest BCUT2D eigenvalue weighted by atomic mass is 32.1. The van der Waals surface area contributed by atoms with Crippen LogP contribution in [0.3, 0.4) is 0 Å². The second-order valence-electron chi connectivity index (χ2n) is 5.71. The van der Waals surface area contributed by atoms with Crippen LogP contribution in [0.1, 0.15) is 20.9 Å². The number of rotatable bonds is 5. The van der Waals surface area contributed by atoms with E-state index in [-0.39, 0.29) is 5.91 Å². The molecule has 3 aromatic heterocycles. The lowest BCUT2D eigenvalue weighted by atomic mass is 10.1. The number of thiazole rings is 1. The SMILES string of the molecule is Cc1ccc(-c2nc3scc(CCNC(=O)c4cccs4)n3n2)cc1. The summed E-state index contributed by atoms with van der Waals surface area (Å²) in [7, 11) is 0. The third kappa shape index (κ3) is 3.33. The molecule has 0 atom stereocenters. The normalized spacial score (nSPS) is 11.1. The summed E-state index contributed by atoms with van der Waals surface area (Å²) in [4.78, 5) is 18.2. The highest BCUT2D eigenvalue weighted by molar-refractivity contribution is 7.15. The lowest BCUT2D eigenvalue weighted by molar-refractivity contribution is 0.0958. The van der Waals surface area contributed by atoms with Crippen molar-refractivity contribution in [1.82, 2.24) is 19.9 Å². The molecule has 0 bridgehead atoms. The molecule has 25 heavy (non-hydrogen) atoms. The topological polar surface area (TPSA) is 59.3 Å². The van der Waals surface area contributed by atoms with E-state index < -0.39 is 0 Å². The molecule has 126 valence electrons. The first kappa shape index (κ1) is 16.0. The zero-order chi connectivity index (χ0) is 17.2. The zero-order valence-corrected chi connectivity index (χ0v) is 15.2. The molecule has 0 unspecified atom stereocenters. The monoisotopic (exact) mass is 368 g/mol. The van der Waals surface area contributed by atoms with E-state index in [4.69, 9.17) is 0 Å². The maximum Gasteiger partial charge on any atom is 0.261 e. The minimum Gasteiger partial charge on any atom is -0.351 e. The quantitative estimate of drug-likeness (QED) is 0.583. The molecular weight excluding hydrogens is 352 g/mol. The molecule has 3 heterocycles. The largest absolute Gasteiger partial charge is 0.351 e. The van der Waals surface area contributed by atoms with E-state index in [2.05, 4.69) is 34.5 Å². The number of nitrogens with one attached hydrogen (secondary N) is 1. The summed E-state index contributed by atoms with van der Waals surface area (Å²) in [5.41, 5.74) is 3.28. The Morgan fingerprint density at radius 2 is 2.04 bits per heavy atom. The molecule has 4 rings (SSSR count). The van der Waals surface area contributed by atoms with Crippen molar-refractivity contribution in [2.45, 2.75) is 13.3 Å². The molecule has 0 saturated heterocycles. The molecule has 5 nitrogen and oxygen atoms in total. The molecule has 0 fully saturated rings. The van der Waals surface area contributed by atoms with Crippen molar-refractivity contribution in [2.75, 3.05) is 6.54 Å². The Kier molecular flexibility index (Phi) is 4.33. The standard InChI is InChI=1S/C18H16N4OS2/c1-12-4-6-13(7-5-12)16-20-18-22(21-16)14(11-25-18)8-9-19-17(23)15-3-2-10-24-15/h2-7,10-11H,8-9H2,1H3,(H,19,23). The van der Waals surface area contributed by atoms with Gasteiger partial charge in [-0.3, -0.25) is 4.79 Å². The minimum atomic E-state index is -0.0274. The minimum absolute atomic E-state index is 0.0274. The Bertz CT molecular complexity index is 1000. The number of carbonyl (C=O) groups is 1. The number of thiophene rings is 1. The van der Waals surface area contributed by atoms with Gasteiger partial charge >= 0.3 is 0 Å². The van der Waals surface area contributed by atoms with Gasteiger partial charge in [0.25, 0.3) is 5.91 Å². The highest BCUT2D eigenvalue weighted by Crippen LogP contribution is 2.21. The number of aromatic nitrogens is 3. The van der Waals surface area contributed by atoms with Gasteiger partial charge < -0.3 is 5.32 Å². The zero-order valence-electron chi connectivity index (χ0n) is 13.6. The van der Waals surface area contributed by atoms with Gasteiger partial charge in [-0.15, -0.1) is 27.8 Å². The Morgan fingerprint density at radius 3 is 2.80 bits per heavy atom. The van der Waals surface area contributed by atoms with E-state index in [1.807, 2.05) is 39.5 Å². The van der Waals surface area contributed by atoms with Crippen LogP contribution in [-0.2, 0) is 6.42 Å². The fourth-order valence-electron chi connectivity index (χ4n) is 2.52. The molecule has 4 aromatic rings. The van der Waals surface area contributed by atoms with Crippen LogP contribution in [0.15, 0.2) is 47.2 Å². The first-order valence-corrected chi connectivity index (χ1v) is 9.68. The number of fused-ring (bicyclic) bond motifs is 1. The second kappa shape index (κ2) is 6.78. The number of hydrogen-bond donors (Lipinski definition) is 1. The third-order valence-electron chi connectivity index (χ3n) is 3.87. The fourth-order valence-corrected chi connectivity index (χ4v) is 4.02. The number of carbonyl (C=O) groups excluding carboxylic acids is 1. The van der Waals surface area contributed by atoms with Crippen LogP contribution in [-0.4, -0.2) is 27.0 Å². The first-order valence-electron chi connectivity index (χ1n) is 7.92. The Labute approximate surface area is 153 Å². The van der Waals surface area contributed by atoms with Crippen LogP contribution in [0.2, 0.25) is 0 Å². The van der Waals surface area contributed by atoms with Gasteiger partial charge in [0.15, 0.2) is 5.82 Å². The van der Waals surface area contributed by atoms with Gasteiger partial charge in [0, 0.05) is 23.9 Å². The molecule has 1 amide bonds. The maximum atomic E-state index is 12.0. The van der Waals surface area contributed by atoms with Crippen molar-refractivity contribution in [3.8, 4) is 11.4 Å². The molecule has 0 aliphatic heterocycles. The van der Waals surface area contributed by atoms with E-state index in [1.165, 1.54) is 16.9 Å². The molecular formula is C18H16N4OS2. The van der Waals surface area contributed by atoms with Gasteiger partial charge in [-0.25, -0.2) is 4.52 Å². The smallest absolute Gasteiger partial charge is 0.261 e. The van der Waals surface area contributed by atoms with Gasteiger partial charge in [0.05, 0.1) is 10.6 Å². The number of nitrogens with zero attached hydrogens (tertiary/aromatic N) is 3. The first-order chi connectivity index (χ1) is 12.2. The summed E-state index contributed by atoms with van der Waals surface area (Å²) >= 11 is 3.01. The average molecular weight is 368 g/mol. The average Bonchev–Trinajstić information content (AvgIpc) is 3.33. The lowest BCUT2D eigenvalue weighted by Gasteiger charge is -2.02. The van der Waals surface area contributed by atoms with E-state index in [1.54, 1.807) is 11.3 Å². The van der Waals surface area contributed by atoms with Crippen molar-refractivity contribution in [3.63, 3.8) is 0 Å². The van der Waals surface area contributed by atoms with Crippen molar-refractivity contribution in [2.24, 2.45) is 0 Å². The molecule has 0 spiro atoms. The van der Waals surface area contributed by atoms with E-state index in [9.17, 15) is 4.79 Å².